The molecule has 2 heterocycles. The molecule has 1 fully saturated rings. The molecule has 120 valence electrons. The van der Waals surface area contributed by atoms with Crippen LogP contribution in [0.15, 0.2) is 17.3 Å². The number of hydrogen-bond donors (Lipinski definition) is 2. The van der Waals surface area contributed by atoms with Crippen molar-refractivity contribution < 1.29 is 8.42 Å². The number of nitrogens with one attached hydrogen (secondary N) is 1. The van der Waals surface area contributed by atoms with Crippen LogP contribution < -0.4 is 5.73 Å². The fraction of sp³-hybridized carbons (Fsp3) is 0.769. The van der Waals surface area contributed by atoms with Crippen molar-refractivity contribution in [2.45, 2.75) is 37.3 Å². The zero-order chi connectivity index (χ0) is 15.3. The molecule has 0 radical (unpaired) electrons. The molecule has 0 aromatic carbocycles. The Kier molecular flexibility index (Phi) is 5.74. The molecule has 0 spiro atoms. The monoisotopic (exact) mass is 315 g/mol. The summed E-state index contributed by atoms with van der Waals surface area (Å²) in [5.74, 6) is 0. The molecule has 0 amide bonds. The first-order valence-corrected chi connectivity index (χ1v) is 8.97. The molecule has 1 aromatic heterocycles. The summed E-state index contributed by atoms with van der Waals surface area (Å²) >= 11 is 0. The molecule has 3 N–H and O–H groups in total. The van der Waals surface area contributed by atoms with Gasteiger partial charge in [-0.1, -0.05) is 6.92 Å². The fourth-order valence-electron chi connectivity index (χ4n) is 2.88. The lowest BCUT2D eigenvalue weighted by molar-refractivity contribution is 0.192. The van der Waals surface area contributed by atoms with Crippen LogP contribution in [0.3, 0.4) is 0 Å². The summed E-state index contributed by atoms with van der Waals surface area (Å²) in [4.78, 5) is 2.37. The van der Waals surface area contributed by atoms with Gasteiger partial charge in [0.05, 0.1) is 6.20 Å². The van der Waals surface area contributed by atoms with Crippen LogP contribution in [0.1, 0.15) is 26.2 Å². The number of hydrogen-bond acceptors (Lipinski definition) is 5. The molecule has 0 aliphatic carbocycles. The Morgan fingerprint density at radius 2 is 2.19 bits per heavy atom. The predicted octanol–water partition coefficient (Wildman–Crippen LogP) is 0.234. The Hall–Kier alpha value is -0.960. The summed E-state index contributed by atoms with van der Waals surface area (Å²) in [7, 11) is -3.45. The van der Waals surface area contributed by atoms with E-state index in [4.69, 9.17) is 5.73 Å². The number of nitrogens with zero attached hydrogens (tertiary/aromatic N) is 3. The molecule has 8 heteroatoms. The van der Waals surface area contributed by atoms with Gasteiger partial charge in [0, 0.05) is 25.7 Å². The maximum Gasteiger partial charge on any atom is 0.260 e. The van der Waals surface area contributed by atoms with Gasteiger partial charge >= 0.3 is 0 Å². The minimum Gasteiger partial charge on any atom is -0.330 e. The molecule has 21 heavy (non-hydrogen) atoms. The highest BCUT2D eigenvalue weighted by Gasteiger charge is 2.29. The van der Waals surface area contributed by atoms with Crippen LogP contribution in [0.4, 0.5) is 0 Å². The standard InChI is InChI=1S/C13H25N5O2S/c1-2-12(4-6-14)17-8-3-9-18(11-10-17)21(19,20)13-5-7-15-16-13/h5,7,12H,2-4,6,8-11,14H2,1H3,(H,15,16). The third kappa shape index (κ3) is 3.82. The Bertz CT molecular complexity index is 517. The average molecular weight is 315 g/mol. The second-order valence-electron chi connectivity index (χ2n) is 5.35. The lowest BCUT2D eigenvalue weighted by Gasteiger charge is -2.29. The van der Waals surface area contributed by atoms with Crippen molar-refractivity contribution in [3.63, 3.8) is 0 Å². The van der Waals surface area contributed by atoms with Gasteiger partial charge < -0.3 is 5.73 Å². The van der Waals surface area contributed by atoms with Crippen LogP contribution in [-0.4, -0.2) is 66.6 Å². The Morgan fingerprint density at radius 3 is 2.81 bits per heavy atom. The maximum atomic E-state index is 12.5. The van der Waals surface area contributed by atoms with Gasteiger partial charge in [-0.2, -0.15) is 9.40 Å². The number of H-pyrrole nitrogens is 1. The predicted molar refractivity (Wildman–Crippen MR) is 81.3 cm³/mol. The highest BCUT2D eigenvalue weighted by Crippen LogP contribution is 2.17. The first-order valence-electron chi connectivity index (χ1n) is 7.53. The van der Waals surface area contributed by atoms with Gasteiger partial charge in [0.25, 0.3) is 10.0 Å². The van der Waals surface area contributed by atoms with Crippen LogP contribution in [-0.2, 0) is 10.0 Å². The van der Waals surface area contributed by atoms with Crippen molar-refractivity contribution in [1.29, 1.82) is 0 Å². The SMILES string of the molecule is CCC(CCN)N1CCCN(S(=O)(=O)c2ccn[nH]2)CC1. The minimum absolute atomic E-state index is 0.171. The quantitative estimate of drug-likeness (QED) is 0.784. The van der Waals surface area contributed by atoms with E-state index in [2.05, 4.69) is 22.0 Å². The Morgan fingerprint density at radius 1 is 1.38 bits per heavy atom. The number of aromatic amines is 1. The molecule has 1 aromatic rings. The zero-order valence-electron chi connectivity index (χ0n) is 12.5. The van der Waals surface area contributed by atoms with Crippen molar-refractivity contribution >= 4 is 10.0 Å². The molecule has 7 nitrogen and oxygen atoms in total. The molecule has 1 aliphatic rings. The summed E-state index contributed by atoms with van der Waals surface area (Å²) in [5.41, 5.74) is 5.67. The topological polar surface area (TPSA) is 95.3 Å². The van der Waals surface area contributed by atoms with Gasteiger partial charge in [-0.25, -0.2) is 8.42 Å². The average Bonchev–Trinajstić information content (AvgIpc) is 2.90. The minimum atomic E-state index is -3.45. The lowest BCUT2D eigenvalue weighted by Crippen LogP contribution is -2.40. The largest absolute Gasteiger partial charge is 0.330 e. The van der Waals surface area contributed by atoms with Crippen molar-refractivity contribution in [3.05, 3.63) is 12.3 Å². The molecular weight excluding hydrogens is 290 g/mol. The molecule has 2 rings (SSSR count). The van der Waals surface area contributed by atoms with Crippen LogP contribution in [0, 0.1) is 0 Å². The van der Waals surface area contributed by atoms with Crippen molar-refractivity contribution in [2.24, 2.45) is 5.73 Å². The van der Waals surface area contributed by atoms with Crippen LogP contribution in [0.2, 0.25) is 0 Å². The third-order valence-corrected chi connectivity index (χ3v) is 5.90. The van der Waals surface area contributed by atoms with E-state index in [-0.39, 0.29) is 5.03 Å². The van der Waals surface area contributed by atoms with Crippen molar-refractivity contribution in [2.75, 3.05) is 32.7 Å². The van der Waals surface area contributed by atoms with Gasteiger partial charge in [-0.15, -0.1) is 0 Å². The lowest BCUT2D eigenvalue weighted by atomic mass is 10.1. The molecule has 0 bridgehead atoms. The fourth-order valence-corrected chi connectivity index (χ4v) is 4.25. The van der Waals surface area contributed by atoms with E-state index < -0.39 is 10.0 Å². The van der Waals surface area contributed by atoms with E-state index in [1.54, 1.807) is 4.31 Å². The summed E-state index contributed by atoms with van der Waals surface area (Å²) < 4.78 is 26.5. The number of sulfonamides is 1. The third-order valence-electron chi connectivity index (χ3n) is 4.07. The summed E-state index contributed by atoms with van der Waals surface area (Å²) in [6.45, 7) is 5.58. The van der Waals surface area contributed by atoms with Crippen LogP contribution in [0.25, 0.3) is 0 Å². The van der Waals surface area contributed by atoms with Crippen LogP contribution >= 0.6 is 0 Å². The number of aromatic nitrogens is 2. The van der Waals surface area contributed by atoms with E-state index in [0.717, 1.165) is 32.4 Å². The second kappa shape index (κ2) is 7.35. The molecule has 0 saturated carbocycles. The van der Waals surface area contributed by atoms with E-state index in [0.29, 0.717) is 25.7 Å². The molecule has 1 aliphatic heterocycles. The highest BCUT2D eigenvalue weighted by molar-refractivity contribution is 7.89. The van der Waals surface area contributed by atoms with Crippen molar-refractivity contribution in [3.8, 4) is 0 Å². The molecule has 1 saturated heterocycles. The van der Waals surface area contributed by atoms with Gasteiger partial charge in [-0.3, -0.25) is 10.00 Å². The Balaban J connectivity index is 2.04. The van der Waals surface area contributed by atoms with E-state index >= 15 is 0 Å². The zero-order valence-corrected chi connectivity index (χ0v) is 13.3. The Labute approximate surface area is 126 Å². The van der Waals surface area contributed by atoms with Gasteiger partial charge in [0.15, 0.2) is 5.03 Å². The van der Waals surface area contributed by atoms with Gasteiger partial charge in [0.2, 0.25) is 0 Å². The molecule has 1 unspecified atom stereocenters. The molecule has 1 atom stereocenters. The molecular formula is C13H25N5O2S. The van der Waals surface area contributed by atoms with Gasteiger partial charge in [0.1, 0.15) is 0 Å². The van der Waals surface area contributed by atoms with Crippen molar-refractivity contribution in [1.82, 2.24) is 19.4 Å². The van der Waals surface area contributed by atoms with E-state index in [1.165, 1.54) is 12.3 Å². The normalized spacial score (nSPS) is 20.3. The van der Waals surface area contributed by atoms with E-state index in [9.17, 15) is 8.42 Å². The first kappa shape index (κ1) is 16.4. The van der Waals surface area contributed by atoms with E-state index in [1.807, 2.05) is 0 Å². The smallest absolute Gasteiger partial charge is 0.260 e. The number of rotatable bonds is 6. The summed E-state index contributed by atoms with van der Waals surface area (Å²) in [6.07, 6.45) is 4.31. The first-order chi connectivity index (χ1) is 10.1. The number of nitrogens with two attached hydrogens (primary N) is 1. The highest BCUT2D eigenvalue weighted by atomic mass is 32.2. The van der Waals surface area contributed by atoms with Gasteiger partial charge in [-0.05, 0) is 38.4 Å². The summed E-state index contributed by atoms with van der Waals surface area (Å²) in [6, 6.07) is 1.95. The summed E-state index contributed by atoms with van der Waals surface area (Å²) in [5, 5.41) is 6.45. The van der Waals surface area contributed by atoms with Crippen LogP contribution in [0.5, 0.6) is 0 Å². The second-order valence-corrected chi connectivity index (χ2v) is 7.26. The maximum absolute atomic E-state index is 12.5.